The predicted molar refractivity (Wildman–Crippen MR) is 75.9 cm³/mol. The zero-order chi connectivity index (χ0) is 13.9. The van der Waals surface area contributed by atoms with Crippen LogP contribution in [0.3, 0.4) is 0 Å². The molecule has 0 bridgehead atoms. The Morgan fingerprint density at radius 3 is 2.95 bits per heavy atom. The highest BCUT2D eigenvalue weighted by atomic mass is 16.5. The average Bonchev–Trinajstić information content (AvgIpc) is 2.83. The topological polar surface area (TPSA) is 64.9 Å². The summed E-state index contributed by atoms with van der Waals surface area (Å²) in [6.45, 7) is 4.73. The number of rotatable bonds is 5. The van der Waals surface area contributed by atoms with Crippen molar-refractivity contribution >= 4 is 5.69 Å². The van der Waals surface area contributed by atoms with Crippen LogP contribution in [0.25, 0.3) is 5.69 Å². The van der Waals surface area contributed by atoms with Crippen molar-refractivity contribution < 1.29 is 4.74 Å². The highest BCUT2D eigenvalue weighted by Crippen LogP contribution is 2.27. The molecule has 0 amide bonds. The second-order valence-corrected chi connectivity index (χ2v) is 5.08. The van der Waals surface area contributed by atoms with Gasteiger partial charge in [-0.15, -0.1) is 5.10 Å². The third-order valence-electron chi connectivity index (χ3n) is 3.58. The first kappa shape index (κ1) is 13.1. The molecule has 1 aromatic heterocycles. The van der Waals surface area contributed by atoms with Gasteiger partial charge in [-0.25, -0.2) is 0 Å². The number of nitrogens with one attached hydrogen (secondary N) is 1. The van der Waals surface area contributed by atoms with Crippen LogP contribution < -0.4 is 5.32 Å². The molecule has 1 aliphatic carbocycles. The summed E-state index contributed by atoms with van der Waals surface area (Å²) in [6.07, 6.45) is 2.56. The smallest absolute Gasteiger partial charge is 0.153 e. The number of hydrogen-bond acceptors (Lipinski definition) is 5. The Kier molecular flexibility index (Phi) is 3.64. The number of tetrazole rings is 1. The Morgan fingerprint density at radius 2 is 2.25 bits per heavy atom. The van der Waals surface area contributed by atoms with Gasteiger partial charge in [0.1, 0.15) is 0 Å². The predicted octanol–water partition coefficient (Wildman–Crippen LogP) is 1.95. The molecular formula is C14H19N5O. The van der Waals surface area contributed by atoms with Gasteiger partial charge in [-0.3, -0.25) is 0 Å². The zero-order valence-corrected chi connectivity index (χ0v) is 11.8. The Balaban J connectivity index is 1.66. The van der Waals surface area contributed by atoms with E-state index >= 15 is 0 Å². The first-order valence-corrected chi connectivity index (χ1v) is 7.00. The highest BCUT2D eigenvalue weighted by molar-refractivity contribution is 5.51. The van der Waals surface area contributed by atoms with E-state index in [4.69, 9.17) is 4.74 Å². The number of aromatic nitrogens is 4. The molecule has 106 valence electrons. The molecule has 1 aliphatic rings. The van der Waals surface area contributed by atoms with E-state index in [1.54, 1.807) is 4.68 Å². The number of benzene rings is 1. The molecule has 0 saturated heterocycles. The minimum absolute atomic E-state index is 0.419. The third kappa shape index (κ3) is 2.65. The number of hydrogen-bond donors (Lipinski definition) is 1. The van der Waals surface area contributed by atoms with Crippen LogP contribution in [0.15, 0.2) is 24.3 Å². The number of aryl methyl sites for hydroxylation is 1. The monoisotopic (exact) mass is 273 g/mol. The molecule has 1 aromatic carbocycles. The molecule has 3 rings (SSSR count). The lowest BCUT2D eigenvalue weighted by atomic mass is 9.89. The Labute approximate surface area is 118 Å². The summed E-state index contributed by atoms with van der Waals surface area (Å²) in [5.74, 6) is 0.780. The van der Waals surface area contributed by atoms with Gasteiger partial charge in [-0.1, -0.05) is 6.07 Å². The van der Waals surface area contributed by atoms with Gasteiger partial charge >= 0.3 is 0 Å². The van der Waals surface area contributed by atoms with Crippen LogP contribution in [-0.2, 0) is 4.74 Å². The molecule has 1 fully saturated rings. The van der Waals surface area contributed by atoms with Gasteiger partial charge in [0.25, 0.3) is 0 Å². The molecule has 1 saturated carbocycles. The average molecular weight is 273 g/mol. The third-order valence-corrected chi connectivity index (χ3v) is 3.58. The summed E-state index contributed by atoms with van der Waals surface area (Å²) in [7, 11) is 0. The second kappa shape index (κ2) is 5.58. The Morgan fingerprint density at radius 1 is 1.40 bits per heavy atom. The van der Waals surface area contributed by atoms with Crippen molar-refractivity contribution in [2.75, 3.05) is 11.9 Å². The van der Waals surface area contributed by atoms with E-state index in [0.29, 0.717) is 12.1 Å². The second-order valence-electron chi connectivity index (χ2n) is 5.08. The van der Waals surface area contributed by atoms with Crippen LogP contribution in [0.2, 0.25) is 0 Å². The van der Waals surface area contributed by atoms with E-state index in [2.05, 4.69) is 33.0 Å². The van der Waals surface area contributed by atoms with Crippen LogP contribution in [0.5, 0.6) is 0 Å². The standard InChI is InChI=1S/C14H19N5O/c1-3-20-14-8-12(9-14)15-11-5-4-6-13(7-11)19-10(2)16-17-18-19/h4-7,12,14-15H,3,8-9H2,1-2H3. The van der Waals surface area contributed by atoms with Crippen molar-refractivity contribution in [3.63, 3.8) is 0 Å². The van der Waals surface area contributed by atoms with Gasteiger partial charge in [0.05, 0.1) is 11.8 Å². The maximum atomic E-state index is 5.57. The highest BCUT2D eigenvalue weighted by Gasteiger charge is 2.29. The van der Waals surface area contributed by atoms with Crippen molar-refractivity contribution in [1.29, 1.82) is 0 Å². The van der Waals surface area contributed by atoms with E-state index in [9.17, 15) is 0 Å². The normalized spacial score (nSPS) is 21.5. The summed E-state index contributed by atoms with van der Waals surface area (Å²) < 4.78 is 7.30. The fourth-order valence-corrected chi connectivity index (χ4v) is 2.49. The van der Waals surface area contributed by atoms with E-state index in [-0.39, 0.29) is 0 Å². The van der Waals surface area contributed by atoms with E-state index < -0.39 is 0 Å². The minimum atomic E-state index is 0.419. The van der Waals surface area contributed by atoms with E-state index in [1.807, 2.05) is 26.0 Å². The fraction of sp³-hybridized carbons (Fsp3) is 0.500. The summed E-state index contributed by atoms with van der Waals surface area (Å²) in [5.41, 5.74) is 2.07. The van der Waals surface area contributed by atoms with Crippen LogP contribution >= 0.6 is 0 Å². The molecule has 0 unspecified atom stereocenters. The van der Waals surface area contributed by atoms with Crippen LogP contribution in [0, 0.1) is 6.92 Å². The Hall–Kier alpha value is -1.95. The van der Waals surface area contributed by atoms with Gasteiger partial charge < -0.3 is 10.1 Å². The molecule has 0 spiro atoms. The van der Waals surface area contributed by atoms with Crippen molar-refractivity contribution in [2.45, 2.75) is 38.8 Å². The lowest BCUT2D eigenvalue weighted by Crippen LogP contribution is -2.40. The first-order chi connectivity index (χ1) is 9.76. The molecule has 1 heterocycles. The summed E-state index contributed by atoms with van der Waals surface area (Å²) in [4.78, 5) is 0. The lowest BCUT2D eigenvalue weighted by Gasteiger charge is -2.36. The molecule has 20 heavy (non-hydrogen) atoms. The molecule has 0 atom stereocenters. The van der Waals surface area contributed by atoms with Crippen LogP contribution in [0.1, 0.15) is 25.6 Å². The van der Waals surface area contributed by atoms with Crippen molar-refractivity contribution in [2.24, 2.45) is 0 Å². The number of nitrogens with zero attached hydrogens (tertiary/aromatic N) is 4. The van der Waals surface area contributed by atoms with Crippen LogP contribution in [-0.4, -0.2) is 39.0 Å². The fourth-order valence-electron chi connectivity index (χ4n) is 2.49. The molecule has 0 aliphatic heterocycles. The van der Waals surface area contributed by atoms with E-state index in [1.165, 1.54) is 0 Å². The number of anilines is 1. The summed E-state index contributed by atoms with van der Waals surface area (Å²) in [5, 5.41) is 15.1. The van der Waals surface area contributed by atoms with Gasteiger partial charge in [-0.05, 0) is 55.3 Å². The molecular weight excluding hydrogens is 254 g/mol. The molecule has 2 aromatic rings. The van der Waals surface area contributed by atoms with Gasteiger partial charge in [0.15, 0.2) is 5.82 Å². The maximum absolute atomic E-state index is 5.57. The van der Waals surface area contributed by atoms with Crippen molar-refractivity contribution in [3.05, 3.63) is 30.1 Å². The van der Waals surface area contributed by atoms with Crippen LogP contribution in [0.4, 0.5) is 5.69 Å². The van der Waals surface area contributed by atoms with Gasteiger partial charge in [0, 0.05) is 18.3 Å². The lowest BCUT2D eigenvalue weighted by molar-refractivity contribution is 0.00299. The van der Waals surface area contributed by atoms with Crippen molar-refractivity contribution in [3.8, 4) is 5.69 Å². The minimum Gasteiger partial charge on any atom is -0.382 e. The molecule has 6 heteroatoms. The quantitative estimate of drug-likeness (QED) is 0.902. The first-order valence-electron chi connectivity index (χ1n) is 7.00. The molecule has 1 N–H and O–H groups in total. The SMILES string of the molecule is CCOC1CC(Nc2cccc(-n3nnnc3C)c2)C1. The van der Waals surface area contributed by atoms with Crippen molar-refractivity contribution in [1.82, 2.24) is 20.2 Å². The largest absolute Gasteiger partial charge is 0.382 e. The van der Waals surface area contributed by atoms with Gasteiger partial charge in [0.2, 0.25) is 0 Å². The number of ether oxygens (including phenoxy) is 1. The summed E-state index contributed by atoms with van der Waals surface area (Å²) >= 11 is 0. The molecule has 0 radical (unpaired) electrons. The van der Waals surface area contributed by atoms with Gasteiger partial charge in [-0.2, -0.15) is 4.68 Å². The zero-order valence-electron chi connectivity index (χ0n) is 11.8. The molecule has 6 nitrogen and oxygen atoms in total. The van der Waals surface area contributed by atoms with E-state index in [0.717, 1.165) is 36.6 Å². The maximum Gasteiger partial charge on any atom is 0.153 e. The summed E-state index contributed by atoms with van der Waals surface area (Å²) in [6, 6.07) is 8.64. The Bertz CT molecular complexity index is 576.